The smallest absolute Gasteiger partial charge is 0.303 e. The summed E-state index contributed by atoms with van der Waals surface area (Å²) in [4.78, 5) is 35.0. The maximum Gasteiger partial charge on any atom is 0.303 e. The molecule has 1 fully saturated rings. The van der Waals surface area contributed by atoms with Crippen molar-refractivity contribution in [3.63, 3.8) is 0 Å². The predicted octanol–water partition coefficient (Wildman–Crippen LogP) is 3.29. The molecule has 1 aliphatic carbocycles. The Kier molecular flexibility index (Phi) is 10.0. The van der Waals surface area contributed by atoms with Crippen LogP contribution in [0.25, 0.3) is 0 Å². The second kappa shape index (κ2) is 11.5. The fourth-order valence-corrected chi connectivity index (χ4v) is 3.71. The molecule has 0 aromatic carbocycles. The van der Waals surface area contributed by atoms with E-state index in [-0.39, 0.29) is 42.7 Å². The van der Waals surface area contributed by atoms with Crippen LogP contribution in [0.2, 0.25) is 0 Å². The number of carboxylic acid groups (broad SMARTS) is 1. The van der Waals surface area contributed by atoms with Gasteiger partial charge in [-0.25, -0.2) is 0 Å². The highest BCUT2D eigenvalue weighted by molar-refractivity contribution is 5.90. The second-order valence-corrected chi connectivity index (χ2v) is 8.69. The zero-order valence-corrected chi connectivity index (χ0v) is 17.4. The summed E-state index contributed by atoms with van der Waals surface area (Å²) < 4.78 is 0. The Hall–Kier alpha value is -1.53. The van der Waals surface area contributed by atoms with Crippen LogP contribution in [-0.4, -0.2) is 45.1 Å². The molecule has 1 saturated carbocycles. The first-order valence-electron chi connectivity index (χ1n) is 10.4. The van der Waals surface area contributed by atoms with Gasteiger partial charge in [0.1, 0.15) is 11.6 Å². The van der Waals surface area contributed by atoms with Crippen molar-refractivity contribution in [1.82, 2.24) is 0 Å². The summed E-state index contributed by atoms with van der Waals surface area (Å²) in [6.07, 6.45) is 6.07. The Morgan fingerprint density at radius 1 is 1.21 bits per heavy atom. The summed E-state index contributed by atoms with van der Waals surface area (Å²) in [5, 5.41) is 29.4. The highest BCUT2D eigenvalue weighted by Crippen LogP contribution is 2.35. The van der Waals surface area contributed by atoms with Gasteiger partial charge in [0.2, 0.25) is 0 Å². The van der Waals surface area contributed by atoms with Crippen molar-refractivity contribution < 1.29 is 29.7 Å². The van der Waals surface area contributed by atoms with E-state index < -0.39 is 30.0 Å². The van der Waals surface area contributed by atoms with Crippen LogP contribution in [0, 0.1) is 17.3 Å². The standard InChI is InChI=1S/C22H36O6/c1-4-5-12-22(2,3)20(26)11-10-16-17(19(25)14-18(16)24)13-15(23)8-6-7-9-21(27)28/h10-11,16-18,20,24,26H,4-9,12-14H2,1-3H3,(H,27,28)/b11-10+/t16-,17?,18?,20?/m1/s1. The zero-order chi connectivity index (χ0) is 21.3. The Balaban J connectivity index is 2.66. The summed E-state index contributed by atoms with van der Waals surface area (Å²) in [6.45, 7) is 6.08. The molecule has 0 amide bonds. The number of ketones is 2. The van der Waals surface area contributed by atoms with Gasteiger partial charge in [-0.1, -0.05) is 45.8 Å². The minimum absolute atomic E-state index is 0.0291. The first kappa shape index (κ1) is 24.5. The maximum absolute atomic E-state index is 12.2. The average molecular weight is 397 g/mol. The molecule has 6 nitrogen and oxygen atoms in total. The molecule has 0 aromatic heterocycles. The van der Waals surface area contributed by atoms with Crippen LogP contribution in [0.3, 0.4) is 0 Å². The first-order valence-corrected chi connectivity index (χ1v) is 10.4. The lowest BCUT2D eigenvalue weighted by molar-refractivity contribution is -0.137. The number of carbonyl (C=O) groups is 3. The molecule has 0 bridgehead atoms. The summed E-state index contributed by atoms with van der Waals surface area (Å²) in [7, 11) is 0. The van der Waals surface area contributed by atoms with Crippen LogP contribution in [0.5, 0.6) is 0 Å². The lowest BCUT2D eigenvalue weighted by Crippen LogP contribution is -2.28. The largest absolute Gasteiger partial charge is 0.481 e. The van der Waals surface area contributed by atoms with E-state index in [4.69, 9.17) is 5.11 Å². The van der Waals surface area contributed by atoms with Crippen molar-refractivity contribution in [2.45, 2.75) is 90.8 Å². The van der Waals surface area contributed by atoms with E-state index in [9.17, 15) is 24.6 Å². The number of aliphatic hydroxyl groups is 2. The van der Waals surface area contributed by atoms with Crippen molar-refractivity contribution in [2.75, 3.05) is 0 Å². The molecule has 0 spiro atoms. The number of carbonyl (C=O) groups excluding carboxylic acids is 2. The molecule has 0 aromatic rings. The van der Waals surface area contributed by atoms with Crippen molar-refractivity contribution >= 4 is 17.5 Å². The van der Waals surface area contributed by atoms with Crippen LogP contribution >= 0.6 is 0 Å². The summed E-state index contributed by atoms with van der Waals surface area (Å²) in [5.74, 6) is -2.12. The Labute approximate surface area is 168 Å². The Morgan fingerprint density at radius 2 is 1.86 bits per heavy atom. The second-order valence-electron chi connectivity index (χ2n) is 8.69. The third-order valence-electron chi connectivity index (χ3n) is 5.77. The van der Waals surface area contributed by atoms with Gasteiger partial charge in [0.05, 0.1) is 12.2 Å². The topological polar surface area (TPSA) is 112 Å². The van der Waals surface area contributed by atoms with E-state index in [1.807, 2.05) is 13.8 Å². The zero-order valence-electron chi connectivity index (χ0n) is 17.4. The lowest BCUT2D eigenvalue weighted by Gasteiger charge is -2.29. The quantitative estimate of drug-likeness (QED) is 0.325. The molecule has 160 valence electrons. The number of rotatable bonds is 13. The number of hydrogen-bond donors (Lipinski definition) is 3. The van der Waals surface area contributed by atoms with Gasteiger partial charge in [-0.3, -0.25) is 14.4 Å². The molecule has 3 unspecified atom stereocenters. The minimum Gasteiger partial charge on any atom is -0.481 e. The van der Waals surface area contributed by atoms with E-state index in [0.29, 0.717) is 12.8 Å². The normalized spacial score (nSPS) is 24.0. The molecular weight excluding hydrogens is 360 g/mol. The minimum atomic E-state index is -0.882. The number of aliphatic carboxylic acids is 1. The van der Waals surface area contributed by atoms with E-state index in [0.717, 1.165) is 19.3 Å². The lowest BCUT2D eigenvalue weighted by atomic mass is 9.80. The molecule has 1 rings (SSSR count). The van der Waals surface area contributed by atoms with Crippen molar-refractivity contribution in [3.8, 4) is 0 Å². The van der Waals surface area contributed by atoms with Crippen LogP contribution in [0.4, 0.5) is 0 Å². The molecule has 0 radical (unpaired) electrons. The Bertz CT molecular complexity index is 565. The van der Waals surface area contributed by atoms with E-state index in [1.165, 1.54) is 0 Å². The SMILES string of the molecule is CCCCC(C)(C)C(O)/C=C/[C@H]1C(O)CC(=O)C1CC(=O)CCCCC(=O)O. The van der Waals surface area contributed by atoms with Gasteiger partial charge in [-0.2, -0.15) is 0 Å². The van der Waals surface area contributed by atoms with Gasteiger partial charge in [0, 0.05) is 37.5 Å². The predicted molar refractivity (Wildman–Crippen MR) is 107 cm³/mol. The average Bonchev–Trinajstić information content (AvgIpc) is 2.87. The number of hydrogen-bond acceptors (Lipinski definition) is 5. The third-order valence-corrected chi connectivity index (χ3v) is 5.77. The van der Waals surface area contributed by atoms with E-state index in [1.54, 1.807) is 12.2 Å². The highest BCUT2D eigenvalue weighted by Gasteiger charge is 2.41. The van der Waals surface area contributed by atoms with Crippen LogP contribution in [0.1, 0.15) is 78.6 Å². The fourth-order valence-electron chi connectivity index (χ4n) is 3.71. The number of aliphatic hydroxyl groups excluding tert-OH is 2. The maximum atomic E-state index is 12.2. The molecule has 3 N–H and O–H groups in total. The van der Waals surface area contributed by atoms with Gasteiger partial charge in [0.15, 0.2) is 0 Å². The summed E-state index contributed by atoms with van der Waals surface area (Å²) >= 11 is 0. The monoisotopic (exact) mass is 396 g/mol. The molecule has 28 heavy (non-hydrogen) atoms. The first-order chi connectivity index (χ1) is 13.1. The van der Waals surface area contributed by atoms with Crippen LogP contribution in [0.15, 0.2) is 12.2 Å². The van der Waals surface area contributed by atoms with Crippen molar-refractivity contribution in [1.29, 1.82) is 0 Å². The molecule has 1 aliphatic rings. The summed E-state index contributed by atoms with van der Waals surface area (Å²) in [6, 6.07) is 0. The number of carboxylic acids is 1. The van der Waals surface area contributed by atoms with Gasteiger partial charge < -0.3 is 15.3 Å². The molecule has 6 heteroatoms. The highest BCUT2D eigenvalue weighted by atomic mass is 16.4. The number of Topliss-reactive ketones (excluding diaryl/α,β-unsaturated/α-hetero) is 2. The van der Waals surface area contributed by atoms with Gasteiger partial charge in [0.25, 0.3) is 0 Å². The molecular formula is C22H36O6. The van der Waals surface area contributed by atoms with Gasteiger partial charge in [-0.05, 0) is 24.7 Å². The van der Waals surface area contributed by atoms with E-state index in [2.05, 4.69) is 6.92 Å². The van der Waals surface area contributed by atoms with Crippen molar-refractivity contribution in [2.24, 2.45) is 17.3 Å². The fraction of sp³-hybridized carbons (Fsp3) is 0.773. The third kappa shape index (κ3) is 7.84. The molecule has 4 atom stereocenters. The van der Waals surface area contributed by atoms with Gasteiger partial charge >= 0.3 is 5.97 Å². The molecule has 0 heterocycles. The number of unbranched alkanes of at least 4 members (excludes halogenated alkanes) is 2. The van der Waals surface area contributed by atoms with Gasteiger partial charge in [-0.15, -0.1) is 0 Å². The molecule has 0 saturated heterocycles. The molecule has 0 aliphatic heterocycles. The Morgan fingerprint density at radius 3 is 2.46 bits per heavy atom. The van der Waals surface area contributed by atoms with E-state index >= 15 is 0 Å². The van der Waals surface area contributed by atoms with Crippen LogP contribution < -0.4 is 0 Å². The van der Waals surface area contributed by atoms with Crippen LogP contribution in [-0.2, 0) is 14.4 Å². The van der Waals surface area contributed by atoms with Crippen molar-refractivity contribution in [3.05, 3.63) is 12.2 Å². The summed E-state index contributed by atoms with van der Waals surface area (Å²) in [5.41, 5.74) is -0.296.